The third kappa shape index (κ3) is 3.43. The van der Waals surface area contributed by atoms with Crippen molar-refractivity contribution in [3.63, 3.8) is 0 Å². The molecule has 134 valence electrons. The smallest absolute Gasteiger partial charge is 0.388 e. The van der Waals surface area contributed by atoms with Gasteiger partial charge in [-0.15, -0.1) is 0 Å². The molecule has 1 unspecified atom stereocenters. The summed E-state index contributed by atoms with van der Waals surface area (Å²) >= 11 is 0. The molecular weight excluding hydrogens is 357 g/mol. The van der Waals surface area contributed by atoms with Gasteiger partial charge in [-0.25, -0.2) is 0 Å². The summed E-state index contributed by atoms with van der Waals surface area (Å²) in [7, 11) is 0. The summed E-state index contributed by atoms with van der Waals surface area (Å²) in [5.74, 6) is -19.7. The van der Waals surface area contributed by atoms with Gasteiger partial charge in [-0.05, 0) is 17.7 Å². The fraction of sp³-hybridized carbons (Fsp3) is 0.462. The molecule has 24 heavy (non-hydrogen) atoms. The molecule has 0 aliphatic rings. The Morgan fingerprint density at radius 3 is 1.96 bits per heavy atom. The monoisotopic (exact) mass is 365 g/mol. The third-order valence-corrected chi connectivity index (χ3v) is 3.06. The lowest BCUT2D eigenvalue weighted by Crippen LogP contribution is -2.61. The maximum Gasteiger partial charge on any atom is 0.460 e. The SMILES string of the molecule is N#Cc1cccc(C(O)CC(F)(F)C(F)(F)C(F)(F)C(F)(F)F)c1. The van der Waals surface area contributed by atoms with Crippen LogP contribution in [0.5, 0.6) is 0 Å². The van der Waals surface area contributed by atoms with E-state index in [1.807, 2.05) is 0 Å². The summed E-state index contributed by atoms with van der Waals surface area (Å²) < 4.78 is 114. The first-order valence-electron chi connectivity index (χ1n) is 6.05. The number of hydrogen-bond donors (Lipinski definition) is 1. The lowest BCUT2D eigenvalue weighted by Gasteiger charge is -2.34. The zero-order chi connectivity index (χ0) is 19.0. The van der Waals surface area contributed by atoms with Gasteiger partial charge in [0.1, 0.15) is 0 Å². The van der Waals surface area contributed by atoms with Crippen LogP contribution >= 0.6 is 0 Å². The number of rotatable bonds is 5. The molecule has 0 saturated carbocycles. The number of aliphatic hydroxyl groups is 1. The maximum atomic E-state index is 13.4. The van der Waals surface area contributed by atoms with E-state index in [1.54, 1.807) is 6.07 Å². The highest BCUT2D eigenvalue weighted by Gasteiger charge is 2.81. The van der Waals surface area contributed by atoms with E-state index in [0.29, 0.717) is 0 Å². The first kappa shape index (κ1) is 20.1. The molecule has 1 aromatic rings. The minimum atomic E-state index is -7.00. The van der Waals surface area contributed by atoms with Gasteiger partial charge < -0.3 is 5.11 Å². The Morgan fingerprint density at radius 1 is 0.958 bits per heavy atom. The van der Waals surface area contributed by atoms with Crippen molar-refractivity contribution >= 4 is 0 Å². The molecule has 0 spiro atoms. The Bertz CT molecular complexity index is 633. The van der Waals surface area contributed by atoms with Gasteiger partial charge in [-0.3, -0.25) is 0 Å². The van der Waals surface area contributed by atoms with E-state index >= 15 is 0 Å². The molecule has 0 heterocycles. The molecule has 1 atom stereocenters. The lowest BCUT2D eigenvalue weighted by molar-refractivity contribution is -0.398. The molecular formula is C13H8F9NO. The Balaban J connectivity index is 3.13. The van der Waals surface area contributed by atoms with E-state index in [-0.39, 0.29) is 5.56 Å². The molecule has 0 radical (unpaired) electrons. The number of benzene rings is 1. The van der Waals surface area contributed by atoms with Crippen molar-refractivity contribution in [2.24, 2.45) is 0 Å². The van der Waals surface area contributed by atoms with Crippen LogP contribution in [0.15, 0.2) is 24.3 Å². The topological polar surface area (TPSA) is 44.0 Å². The average Bonchev–Trinajstić information content (AvgIpc) is 2.45. The highest BCUT2D eigenvalue weighted by atomic mass is 19.4. The first-order valence-corrected chi connectivity index (χ1v) is 6.05. The molecule has 0 amide bonds. The first-order chi connectivity index (χ1) is 10.7. The molecule has 2 nitrogen and oxygen atoms in total. The second kappa shape index (κ2) is 6.16. The Labute approximate surface area is 129 Å². The van der Waals surface area contributed by atoms with Crippen molar-refractivity contribution < 1.29 is 44.6 Å². The maximum absolute atomic E-state index is 13.4. The second-order valence-corrected chi connectivity index (χ2v) is 4.81. The standard InChI is InChI=1S/C13H8F9NO/c14-10(15,11(16,17)12(18,19)13(20,21)22)5-9(24)8-3-1-2-7(4-8)6-23/h1-4,9,24H,5H2. The molecule has 0 saturated heterocycles. The van der Waals surface area contributed by atoms with Gasteiger partial charge in [-0.2, -0.15) is 44.8 Å². The van der Waals surface area contributed by atoms with Gasteiger partial charge >= 0.3 is 23.9 Å². The molecule has 0 aromatic heterocycles. The van der Waals surface area contributed by atoms with Crippen LogP contribution in [0.25, 0.3) is 0 Å². The van der Waals surface area contributed by atoms with Crippen LogP contribution < -0.4 is 0 Å². The third-order valence-electron chi connectivity index (χ3n) is 3.06. The summed E-state index contributed by atoms with van der Waals surface area (Å²) in [5.41, 5.74) is -0.679. The zero-order valence-corrected chi connectivity index (χ0v) is 11.4. The van der Waals surface area contributed by atoms with E-state index in [4.69, 9.17) is 5.26 Å². The van der Waals surface area contributed by atoms with E-state index < -0.39 is 42.0 Å². The highest BCUT2D eigenvalue weighted by molar-refractivity contribution is 5.33. The minimum absolute atomic E-state index is 0.165. The quantitative estimate of drug-likeness (QED) is 0.784. The lowest BCUT2D eigenvalue weighted by atomic mass is 9.94. The molecule has 0 aliphatic heterocycles. The number of halogens is 9. The number of nitriles is 1. The summed E-state index contributed by atoms with van der Waals surface area (Å²) in [5, 5.41) is 18.0. The molecule has 11 heteroatoms. The number of alkyl halides is 9. The van der Waals surface area contributed by atoms with Crippen LogP contribution in [0, 0.1) is 11.3 Å². The number of hydrogen-bond acceptors (Lipinski definition) is 2. The van der Waals surface area contributed by atoms with Gasteiger partial charge in [0.2, 0.25) is 0 Å². The molecule has 0 aliphatic carbocycles. The van der Waals surface area contributed by atoms with Crippen LogP contribution in [0.3, 0.4) is 0 Å². The largest absolute Gasteiger partial charge is 0.460 e. The van der Waals surface area contributed by atoms with E-state index in [2.05, 4.69) is 0 Å². The summed E-state index contributed by atoms with van der Waals surface area (Å²) in [6, 6.07) is 5.52. The highest BCUT2D eigenvalue weighted by Crippen LogP contribution is 2.55. The van der Waals surface area contributed by atoms with Crippen LogP contribution in [-0.2, 0) is 0 Å². The summed E-state index contributed by atoms with van der Waals surface area (Å²) in [6.07, 6.45) is -11.8. The molecule has 0 bridgehead atoms. The van der Waals surface area contributed by atoms with Crippen LogP contribution in [0.4, 0.5) is 39.5 Å². The van der Waals surface area contributed by atoms with Crippen LogP contribution in [0.1, 0.15) is 23.7 Å². The minimum Gasteiger partial charge on any atom is -0.388 e. The van der Waals surface area contributed by atoms with Gasteiger partial charge in [-0.1, -0.05) is 12.1 Å². The molecule has 1 rings (SSSR count). The summed E-state index contributed by atoms with van der Waals surface area (Å²) in [6.45, 7) is 0. The number of aliphatic hydroxyl groups excluding tert-OH is 1. The van der Waals surface area contributed by atoms with Crippen molar-refractivity contribution in [1.29, 1.82) is 5.26 Å². The fourth-order valence-corrected chi connectivity index (χ4v) is 1.71. The molecule has 1 N–H and O–H groups in total. The molecule has 1 aromatic carbocycles. The van der Waals surface area contributed by atoms with Gasteiger partial charge in [0.05, 0.1) is 17.7 Å². The van der Waals surface area contributed by atoms with Gasteiger partial charge in [0, 0.05) is 6.42 Å². The van der Waals surface area contributed by atoms with Gasteiger partial charge in [0.15, 0.2) is 0 Å². The average molecular weight is 365 g/mol. The Morgan fingerprint density at radius 2 is 1.50 bits per heavy atom. The van der Waals surface area contributed by atoms with Crippen molar-refractivity contribution in [2.45, 2.75) is 36.5 Å². The van der Waals surface area contributed by atoms with Gasteiger partial charge in [0.25, 0.3) is 0 Å². The Hall–Kier alpha value is -1.96. The zero-order valence-electron chi connectivity index (χ0n) is 11.4. The molecule has 0 fully saturated rings. The van der Waals surface area contributed by atoms with E-state index in [0.717, 1.165) is 18.2 Å². The number of nitrogens with zero attached hydrogens (tertiary/aromatic N) is 1. The van der Waals surface area contributed by atoms with Crippen molar-refractivity contribution in [3.8, 4) is 6.07 Å². The normalized spacial score (nSPS) is 15.0. The van der Waals surface area contributed by atoms with Crippen molar-refractivity contribution in [3.05, 3.63) is 35.4 Å². The van der Waals surface area contributed by atoms with Crippen LogP contribution in [0.2, 0.25) is 0 Å². The Kier molecular flexibility index (Phi) is 5.15. The van der Waals surface area contributed by atoms with Crippen molar-refractivity contribution in [2.75, 3.05) is 0 Å². The second-order valence-electron chi connectivity index (χ2n) is 4.81. The van der Waals surface area contributed by atoms with Crippen molar-refractivity contribution in [1.82, 2.24) is 0 Å². The van der Waals surface area contributed by atoms with E-state index in [1.165, 1.54) is 6.07 Å². The predicted molar refractivity (Wildman–Crippen MR) is 61.6 cm³/mol. The predicted octanol–water partition coefficient (Wildman–Crippen LogP) is 4.45. The van der Waals surface area contributed by atoms with E-state index in [9.17, 15) is 44.6 Å². The van der Waals surface area contributed by atoms with Crippen LogP contribution in [-0.4, -0.2) is 29.1 Å². The fourth-order valence-electron chi connectivity index (χ4n) is 1.71. The summed E-state index contributed by atoms with van der Waals surface area (Å²) in [4.78, 5) is 0.